The molecule has 1 atom stereocenters. The zero-order chi connectivity index (χ0) is 15.3. The third-order valence-electron chi connectivity index (χ3n) is 2.33. The molecule has 0 saturated carbocycles. The average Bonchev–Trinajstić information content (AvgIpc) is 2.33. The molecular weight excluding hydrogens is 280 g/mol. The van der Waals surface area contributed by atoms with Gasteiger partial charge in [-0.15, -0.1) is 0 Å². The van der Waals surface area contributed by atoms with Gasteiger partial charge in [0, 0.05) is 6.04 Å². The topological polar surface area (TPSA) is 64.3 Å². The molecule has 0 fully saturated rings. The molecule has 1 aromatic rings. The fraction of sp³-hybridized carbons (Fsp3) is 0.417. The summed E-state index contributed by atoms with van der Waals surface area (Å²) in [5, 5.41) is 1.61. The van der Waals surface area contributed by atoms with Crippen LogP contribution in [0.1, 0.15) is 18.5 Å². The summed E-state index contributed by atoms with van der Waals surface area (Å²) in [5.74, 6) is -1.95. The number of carbonyl (C=O) groups is 1. The van der Waals surface area contributed by atoms with Gasteiger partial charge in [-0.05, 0) is 24.6 Å². The number of hydrogen-bond donors (Lipinski definition) is 2. The van der Waals surface area contributed by atoms with Crippen LogP contribution in [0.2, 0.25) is 0 Å². The van der Waals surface area contributed by atoms with Crippen molar-refractivity contribution in [2.45, 2.75) is 19.1 Å². The van der Waals surface area contributed by atoms with Gasteiger partial charge in [-0.1, -0.05) is 6.07 Å². The lowest BCUT2D eigenvalue weighted by atomic mass is 10.1. The first-order chi connectivity index (χ1) is 9.19. The molecule has 1 amide bonds. The van der Waals surface area contributed by atoms with Crippen LogP contribution in [0.5, 0.6) is 5.75 Å². The van der Waals surface area contributed by atoms with Gasteiger partial charge in [-0.2, -0.15) is 13.2 Å². The van der Waals surface area contributed by atoms with Crippen molar-refractivity contribution in [2.24, 2.45) is 5.73 Å². The molecule has 1 rings (SSSR count). The van der Waals surface area contributed by atoms with Crippen LogP contribution < -0.4 is 15.8 Å². The standard InChI is InChI=1S/C12H14F4N2O2/c1-7(17)8-2-3-10(9(13)4-8)20-5-11(19)18-6-12(14,15)16/h2-4,7H,5-6,17H2,1H3,(H,18,19)/t7-/m0/s1. The Morgan fingerprint density at radius 2 is 2.10 bits per heavy atom. The van der Waals surface area contributed by atoms with Gasteiger partial charge in [-0.3, -0.25) is 4.79 Å². The summed E-state index contributed by atoms with van der Waals surface area (Å²) >= 11 is 0. The molecule has 20 heavy (non-hydrogen) atoms. The predicted octanol–water partition coefficient (Wildman–Crippen LogP) is 1.90. The first kappa shape index (κ1) is 16.2. The van der Waals surface area contributed by atoms with Crippen LogP contribution in [0.3, 0.4) is 0 Å². The van der Waals surface area contributed by atoms with Gasteiger partial charge in [0.15, 0.2) is 18.2 Å². The Balaban J connectivity index is 2.51. The Morgan fingerprint density at radius 3 is 2.60 bits per heavy atom. The molecule has 0 saturated heterocycles. The average molecular weight is 294 g/mol. The number of halogens is 4. The Kier molecular flexibility index (Phi) is 5.32. The SMILES string of the molecule is C[C@H](N)c1ccc(OCC(=O)NCC(F)(F)F)c(F)c1. The Labute approximate surface area is 112 Å². The number of benzene rings is 1. The van der Waals surface area contributed by atoms with Crippen molar-refractivity contribution < 1.29 is 27.1 Å². The van der Waals surface area contributed by atoms with E-state index >= 15 is 0 Å². The van der Waals surface area contributed by atoms with E-state index in [-0.39, 0.29) is 11.8 Å². The number of rotatable bonds is 5. The monoisotopic (exact) mass is 294 g/mol. The molecule has 0 radical (unpaired) electrons. The third kappa shape index (κ3) is 5.43. The maximum Gasteiger partial charge on any atom is 0.405 e. The highest BCUT2D eigenvalue weighted by atomic mass is 19.4. The number of ether oxygens (including phenoxy) is 1. The van der Waals surface area contributed by atoms with Crippen molar-refractivity contribution in [2.75, 3.05) is 13.2 Å². The van der Waals surface area contributed by atoms with Crippen LogP contribution in [-0.2, 0) is 4.79 Å². The summed E-state index contributed by atoms with van der Waals surface area (Å²) in [4.78, 5) is 11.1. The molecule has 4 nitrogen and oxygen atoms in total. The molecule has 0 aromatic heterocycles. The van der Waals surface area contributed by atoms with Crippen LogP contribution in [-0.4, -0.2) is 25.2 Å². The summed E-state index contributed by atoms with van der Waals surface area (Å²) in [6.07, 6.45) is -4.50. The van der Waals surface area contributed by atoms with Gasteiger partial charge >= 0.3 is 6.18 Å². The first-order valence-corrected chi connectivity index (χ1v) is 5.70. The summed E-state index contributed by atoms with van der Waals surface area (Å²) < 4.78 is 53.9. The van der Waals surface area contributed by atoms with Crippen molar-refractivity contribution in [3.8, 4) is 5.75 Å². The normalized spacial score (nSPS) is 12.9. The van der Waals surface area contributed by atoms with Crippen molar-refractivity contribution in [3.63, 3.8) is 0 Å². The van der Waals surface area contributed by atoms with E-state index in [1.807, 2.05) is 0 Å². The molecule has 3 N–H and O–H groups in total. The van der Waals surface area contributed by atoms with Crippen LogP contribution in [0.4, 0.5) is 17.6 Å². The van der Waals surface area contributed by atoms with Crippen LogP contribution in [0.25, 0.3) is 0 Å². The number of alkyl halides is 3. The van der Waals surface area contributed by atoms with E-state index in [1.54, 1.807) is 12.2 Å². The van der Waals surface area contributed by atoms with Crippen molar-refractivity contribution in [1.29, 1.82) is 0 Å². The quantitative estimate of drug-likeness (QED) is 0.815. The van der Waals surface area contributed by atoms with E-state index in [0.29, 0.717) is 5.56 Å². The van der Waals surface area contributed by atoms with E-state index < -0.39 is 31.1 Å². The van der Waals surface area contributed by atoms with Gasteiger partial charge in [0.1, 0.15) is 6.54 Å². The maximum atomic E-state index is 13.5. The minimum absolute atomic E-state index is 0.225. The van der Waals surface area contributed by atoms with Gasteiger partial charge < -0.3 is 15.8 Å². The van der Waals surface area contributed by atoms with Gasteiger partial charge in [0.2, 0.25) is 0 Å². The fourth-order valence-corrected chi connectivity index (χ4v) is 1.31. The second kappa shape index (κ2) is 6.56. The largest absolute Gasteiger partial charge is 0.481 e. The zero-order valence-corrected chi connectivity index (χ0v) is 10.6. The van der Waals surface area contributed by atoms with Crippen LogP contribution >= 0.6 is 0 Å². The van der Waals surface area contributed by atoms with Crippen molar-refractivity contribution in [1.82, 2.24) is 5.32 Å². The molecule has 112 valence electrons. The van der Waals surface area contributed by atoms with Gasteiger partial charge in [0.05, 0.1) is 0 Å². The molecule has 0 aliphatic rings. The Hall–Kier alpha value is -1.83. The number of hydrogen-bond acceptors (Lipinski definition) is 3. The third-order valence-corrected chi connectivity index (χ3v) is 2.33. The minimum atomic E-state index is -4.50. The van der Waals surface area contributed by atoms with Crippen LogP contribution in [0, 0.1) is 5.82 Å². The van der Waals surface area contributed by atoms with E-state index in [4.69, 9.17) is 10.5 Å². The van der Waals surface area contributed by atoms with Crippen molar-refractivity contribution >= 4 is 5.91 Å². The molecule has 0 heterocycles. The van der Waals surface area contributed by atoms with Gasteiger partial charge in [0.25, 0.3) is 5.91 Å². The van der Waals surface area contributed by atoms with E-state index in [1.165, 1.54) is 12.1 Å². The molecule has 0 bridgehead atoms. The zero-order valence-electron chi connectivity index (χ0n) is 10.6. The Morgan fingerprint density at radius 1 is 1.45 bits per heavy atom. The Bertz CT molecular complexity index is 475. The highest BCUT2D eigenvalue weighted by Gasteiger charge is 2.27. The van der Waals surface area contributed by atoms with E-state index in [2.05, 4.69) is 0 Å². The molecule has 0 aliphatic carbocycles. The molecule has 8 heteroatoms. The molecule has 0 aliphatic heterocycles. The number of amides is 1. The number of nitrogens with two attached hydrogens (primary N) is 1. The molecule has 1 aromatic carbocycles. The lowest BCUT2D eigenvalue weighted by Crippen LogP contribution is -2.36. The van der Waals surface area contributed by atoms with Crippen molar-refractivity contribution in [3.05, 3.63) is 29.6 Å². The first-order valence-electron chi connectivity index (χ1n) is 5.70. The number of carbonyl (C=O) groups excluding carboxylic acids is 1. The summed E-state index contributed by atoms with van der Waals surface area (Å²) in [6.45, 7) is -0.494. The van der Waals surface area contributed by atoms with Gasteiger partial charge in [-0.25, -0.2) is 4.39 Å². The molecule has 0 unspecified atom stereocenters. The maximum absolute atomic E-state index is 13.5. The fourth-order valence-electron chi connectivity index (χ4n) is 1.31. The van der Waals surface area contributed by atoms with E-state index in [0.717, 1.165) is 6.07 Å². The second-order valence-electron chi connectivity index (χ2n) is 4.16. The molecular formula is C12H14F4N2O2. The lowest BCUT2D eigenvalue weighted by molar-refractivity contribution is -0.139. The predicted molar refractivity (Wildman–Crippen MR) is 63.6 cm³/mol. The second-order valence-corrected chi connectivity index (χ2v) is 4.16. The smallest absolute Gasteiger partial charge is 0.405 e. The van der Waals surface area contributed by atoms with Crippen LogP contribution in [0.15, 0.2) is 18.2 Å². The highest BCUT2D eigenvalue weighted by molar-refractivity contribution is 5.77. The minimum Gasteiger partial charge on any atom is -0.481 e. The lowest BCUT2D eigenvalue weighted by Gasteiger charge is -2.11. The summed E-state index contributed by atoms with van der Waals surface area (Å²) in [5.41, 5.74) is 6.10. The highest BCUT2D eigenvalue weighted by Crippen LogP contribution is 2.21. The molecule has 0 spiro atoms. The summed E-state index contributed by atoms with van der Waals surface area (Å²) in [7, 11) is 0. The number of nitrogens with one attached hydrogen (secondary N) is 1. The van der Waals surface area contributed by atoms with E-state index in [9.17, 15) is 22.4 Å². The summed E-state index contributed by atoms with van der Waals surface area (Å²) in [6, 6.07) is 3.56.